The summed E-state index contributed by atoms with van der Waals surface area (Å²) in [5, 5.41) is 2.60. The van der Waals surface area contributed by atoms with Gasteiger partial charge in [0.05, 0.1) is 11.1 Å². The highest BCUT2D eigenvalue weighted by Crippen LogP contribution is 2.28. The van der Waals surface area contributed by atoms with Gasteiger partial charge in [-0.15, -0.1) is 0 Å². The van der Waals surface area contributed by atoms with E-state index in [0.29, 0.717) is 11.6 Å². The van der Waals surface area contributed by atoms with Crippen LogP contribution >= 0.6 is 23.2 Å². The average molecular weight is 378 g/mol. The molecule has 1 amide bonds. The van der Waals surface area contributed by atoms with Crippen LogP contribution in [-0.4, -0.2) is 12.5 Å². The maximum absolute atomic E-state index is 13.5. The zero-order valence-electron chi connectivity index (χ0n) is 12.4. The topological polar surface area (TPSA) is 38.3 Å². The average Bonchev–Trinajstić information content (AvgIpc) is 2.50. The predicted molar refractivity (Wildman–Crippen MR) is 84.8 cm³/mol. The number of rotatable bonds is 5. The van der Waals surface area contributed by atoms with E-state index in [0.717, 1.165) is 18.2 Å². The molecular weight excluding hydrogens is 366 g/mol. The molecule has 0 heterocycles. The molecule has 0 bridgehead atoms. The van der Waals surface area contributed by atoms with Gasteiger partial charge >= 0.3 is 0 Å². The Balaban J connectivity index is 1.98. The van der Waals surface area contributed by atoms with Crippen molar-refractivity contribution in [3.05, 3.63) is 63.4 Å². The Bertz CT molecular complexity index is 771. The first kappa shape index (κ1) is 18.4. The number of benzene rings is 2. The smallest absolute Gasteiger partial charge is 0.258 e. The molecule has 0 aliphatic rings. The fourth-order valence-corrected chi connectivity index (χ4v) is 2.51. The molecule has 2 aromatic carbocycles. The van der Waals surface area contributed by atoms with Gasteiger partial charge < -0.3 is 10.1 Å². The molecule has 0 saturated heterocycles. The van der Waals surface area contributed by atoms with Crippen molar-refractivity contribution in [2.24, 2.45) is 0 Å². The van der Waals surface area contributed by atoms with Gasteiger partial charge in [0.1, 0.15) is 11.6 Å². The van der Waals surface area contributed by atoms with Gasteiger partial charge in [0.25, 0.3) is 5.91 Å². The first-order chi connectivity index (χ1) is 11.3. The van der Waals surface area contributed by atoms with Gasteiger partial charge in [-0.2, -0.15) is 0 Å². The second-order valence-corrected chi connectivity index (χ2v) is 5.75. The summed E-state index contributed by atoms with van der Waals surface area (Å²) in [6.07, 6.45) is 0. The maximum atomic E-state index is 13.5. The summed E-state index contributed by atoms with van der Waals surface area (Å²) in [5.74, 6) is -3.18. The molecule has 8 heteroatoms. The molecule has 0 radical (unpaired) electrons. The first-order valence-electron chi connectivity index (χ1n) is 6.79. The minimum atomic E-state index is -0.918. The molecule has 1 N–H and O–H groups in total. The molecule has 2 rings (SSSR count). The lowest BCUT2D eigenvalue weighted by Crippen LogP contribution is -2.31. The Labute approximate surface area is 146 Å². The van der Waals surface area contributed by atoms with Crippen LogP contribution in [0.4, 0.5) is 13.2 Å². The summed E-state index contributed by atoms with van der Waals surface area (Å²) in [7, 11) is 0. The van der Waals surface area contributed by atoms with Gasteiger partial charge in [-0.05, 0) is 36.8 Å². The van der Waals surface area contributed by atoms with Gasteiger partial charge in [0.15, 0.2) is 18.2 Å². The van der Waals surface area contributed by atoms with E-state index in [1.165, 1.54) is 6.07 Å². The molecule has 2 aromatic rings. The van der Waals surface area contributed by atoms with E-state index in [-0.39, 0.29) is 15.8 Å². The van der Waals surface area contributed by atoms with E-state index in [2.05, 4.69) is 5.32 Å². The third kappa shape index (κ3) is 4.55. The Morgan fingerprint density at radius 1 is 1.12 bits per heavy atom. The molecule has 24 heavy (non-hydrogen) atoms. The standard InChI is InChI=1S/C16H12Cl2F3NO2/c1-8(10-5-13(20)12(18)6-11(10)17)22-16(23)7-24-15-3-2-9(19)4-14(15)21/h2-6,8H,7H2,1H3,(H,22,23). The predicted octanol–water partition coefficient (Wildman–Crippen LogP) is 4.67. The molecule has 0 aromatic heterocycles. The van der Waals surface area contributed by atoms with Gasteiger partial charge in [-0.3, -0.25) is 4.79 Å². The van der Waals surface area contributed by atoms with Crippen LogP contribution in [0.2, 0.25) is 10.0 Å². The van der Waals surface area contributed by atoms with Crippen molar-refractivity contribution in [1.29, 1.82) is 0 Å². The van der Waals surface area contributed by atoms with Crippen LogP contribution < -0.4 is 10.1 Å². The monoisotopic (exact) mass is 377 g/mol. The summed E-state index contributed by atoms with van der Waals surface area (Å²) >= 11 is 11.6. The van der Waals surface area contributed by atoms with Gasteiger partial charge in [0, 0.05) is 11.1 Å². The van der Waals surface area contributed by atoms with Gasteiger partial charge in [-0.25, -0.2) is 13.2 Å². The number of carbonyl (C=O) groups excluding carboxylic acids is 1. The number of ether oxygens (including phenoxy) is 1. The SMILES string of the molecule is CC(NC(=O)COc1ccc(F)cc1F)c1cc(F)c(Cl)cc1Cl. The first-order valence-corrected chi connectivity index (χ1v) is 7.55. The molecule has 1 unspecified atom stereocenters. The van der Waals surface area contributed by atoms with Crippen molar-refractivity contribution < 1.29 is 22.7 Å². The second kappa shape index (κ2) is 7.77. The molecule has 3 nitrogen and oxygen atoms in total. The Morgan fingerprint density at radius 2 is 1.83 bits per heavy atom. The van der Waals surface area contributed by atoms with Crippen LogP contribution in [0.25, 0.3) is 0 Å². The lowest BCUT2D eigenvalue weighted by molar-refractivity contribution is -0.123. The van der Waals surface area contributed by atoms with Gasteiger partial charge in [0.2, 0.25) is 0 Å². The summed E-state index contributed by atoms with van der Waals surface area (Å²) in [5.41, 5.74) is 0.333. The highest BCUT2D eigenvalue weighted by Gasteiger charge is 2.16. The van der Waals surface area contributed by atoms with Crippen molar-refractivity contribution in [2.45, 2.75) is 13.0 Å². The van der Waals surface area contributed by atoms with Crippen LogP contribution in [-0.2, 0) is 4.79 Å². The van der Waals surface area contributed by atoms with Crippen molar-refractivity contribution in [3.8, 4) is 5.75 Å². The van der Waals surface area contributed by atoms with E-state index < -0.39 is 36.0 Å². The van der Waals surface area contributed by atoms with Gasteiger partial charge in [-0.1, -0.05) is 23.2 Å². The van der Waals surface area contributed by atoms with Crippen LogP contribution in [0, 0.1) is 17.5 Å². The minimum Gasteiger partial charge on any atom is -0.481 e. The van der Waals surface area contributed by atoms with E-state index in [1.807, 2.05) is 0 Å². The van der Waals surface area contributed by atoms with Crippen LogP contribution in [0.3, 0.4) is 0 Å². The number of hydrogen-bond acceptors (Lipinski definition) is 2. The molecular formula is C16H12Cl2F3NO2. The number of hydrogen-bond donors (Lipinski definition) is 1. The van der Waals surface area contributed by atoms with E-state index in [1.54, 1.807) is 6.92 Å². The summed E-state index contributed by atoms with van der Waals surface area (Å²) in [6.45, 7) is 1.09. The van der Waals surface area contributed by atoms with Crippen molar-refractivity contribution in [2.75, 3.05) is 6.61 Å². The molecule has 0 saturated carbocycles. The Hall–Kier alpha value is -1.92. The highest BCUT2D eigenvalue weighted by atomic mass is 35.5. The zero-order chi connectivity index (χ0) is 17.9. The normalized spacial score (nSPS) is 11.9. The van der Waals surface area contributed by atoms with E-state index in [4.69, 9.17) is 27.9 Å². The molecule has 0 aliphatic carbocycles. The summed E-state index contributed by atoms with van der Waals surface area (Å²) in [4.78, 5) is 11.8. The fourth-order valence-electron chi connectivity index (χ4n) is 1.97. The summed E-state index contributed by atoms with van der Waals surface area (Å²) in [6, 6.07) is 4.46. The number of nitrogens with one attached hydrogen (secondary N) is 1. The molecule has 0 aliphatic heterocycles. The fraction of sp³-hybridized carbons (Fsp3) is 0.188. The number of halogens is 5. The Morgan fingerprint density at radius 3 is 2.50 bits per heavy atom. The molecule has 128 valence electrons. The summed E-state index contributed by atoms with van der Waals surface area (Å²) < 4.78 is 44.7. The van der Waals surface area contributed by atoms with Crippen molar-refractivity contribution >= 4 is 29.1 Å². The molecule has 0 spiro atoms. The minimum absolute atomic E-state index is 0.127. The third-order valence-electron chi connectivity index (χ3n) is 3.14. The van der Waals surface area contributed by atoms with E-state index >= 15 is 0 Å². The van der Waals surface area contributed by atoms with Crippen molar-refractivity contribution in [3.63, 3.8) is 0 Å². The van der Waals surface area contributed by atoms with Crippen molar-refractivity contribution in [1.82, 2.24) is 5.32 Å². The molecule has 0 fully saturated rings. The number of carbonyl (C=O) groups is 1. The van der Waals surface area contributed by atoms with Crippen LogP contribution in [0.5, 0.6) is 5.75 Å². The lowest BCUT2D eigenvalue weighted by atomic mass is 10.1. The van der Waals surface area contributed by atoms with Crippen LogP contribution in [0.1, 0.15) is 18.5 Å². The maximum Gasteiger partial charge on any atom is 0.258 e. The zero-order valence-corrected chi connectivity index (χ0v) is 13.9. The Kier molecular flexibility index (Phi) is 5.96. The second-order valence-electron chi connectivity index (χ2n) is 4.94. The largest absolute Gasteiger partial charge is 0.481 e. The third-order valence-corrected chi connectivity index (χ3v) is 3.75. The molecule has 1 atom stereocenters. The highest BCUT2D eigenvalue weighted by molar-refractivity contribution is 6.35. The number of amides is 1. The van der Waals surface area contributed by atoms with Crippen LogP contribution in [0.15, 0.2) is 30.3 Å². The lowest BCUT2D eigenvalue weighted by Gasteiger charge is -2.16. The quantitative estimate of drug-likeness (QED) is 0.769. The van der Waals surface area contributed by atoms with E-state index in [9.17, 15) is 18.0 Å².